The quantitative estimate of drug-likeness (QED) is 0.326. The average Bonchev–Trinajstić information content (AvgIpc) is 2.57. The average molecular weight is 184 g/mol. The van der Waals surface area contributed by atoms with E-state index in [0.717, 1.165) is 25.2 Å². The van der Waals surface area contributed by atoms with Crippen LogP contribution in [0.2, 0.25) is 0 Å². The fourth-order valence-corrected chi connectivity index (χ4v) is 4.96. The van der Waals surface area contributed by atoms with Crippen molar-refractivity contribution in [2.45, 2.75) is 25.0 Å². The van der Waals surface area contributed by atoms with E-state index in [1.54, 1.807) is 0 Å². The minimum atomic E-state index is -1.78. The maximum absolute atomic E-state index is 11.8. The van der Waals surface area contributed by atoms with Crippen LogP contribution in [0, 0.1) is 0 Å². The maximum Gasteiger partial charge on any atom is 0.0925 e. The second kappa shape index (κ2) is 2.05. The lowest BCUT2D eigenvalue weighted by molar-refractivity contribution is 0.374. The lowest BCUT2D eigenvalue weighted by Gasteiger charge is -2.07. The third-order valence-corrected chi connectivity index (χ3v) is 5.23. The minimum Gasteiger partial charge on any atom is -0.369 e. The summed E-state index contributed by atoms with van der Waals surface area (Å²) in [4.78, 5) is 0. The summed E-state index contributed by atoms with van der Waals surface area (Å²) in [6.45, 7) is 1.94. The fourth-order valence-electron chi connectivity index (χ4n) is 2.53. The first kappa shape index (κ1) is 7.34. The Balaban J connectivity index is 1.90. The monoisotopic (exact) mass is 184 g/mol. The highest BCUT2D eigenvalue weighted by atomic mass is 31.2. The van der Waals surface area contributed by atoms with Crippen molar-refractivity contribution < 1.29 is 9.30 Å². The van der Waals surface area contributed by atoms with Gasteiger partial charge in [-0.1, -0.05) is 11.1 Å². The van der Waals surface area contributed by atoms with Crippen molar-refractivity contribution in [3.8, 4) is 0 Å². The topological polar surface area (TPSA) is 29.6 Å². The number of fused-ring (bicyclic) bond motifs is 1. The Morgan fingerprint density at radius 2 is 1.75 bits per heavy atom. The molecular formula is C9H13O2P. The zero-order chi connectivity index (χ0) is 8.34. The van der Waals surface area contributed by atoms with Crippen LogP contribution in [-0.2, 0) is 9.30 Å². The standard InChI is InChI=1S/C9H13O2P/c1-12(10)4-6-2-8-9(11-8)3-7(6)5-12/h8-9H,2-5H2,1H3/t8-,9+,12?. The van der Waals surface area contributed by atoms with Gasteiger partial charge in [-0.25, -0.2) is 0 Å². The van der Waals surface area contributed by atoms with Gasteiger partial charge in [0.25, 0.3) is 0 Å². The van der Waals surface area contributed by atoms with Gasteiger partial charge in [-0.15, -0.1) is 0 Å². The Morgan fingerprint density at radius 1 is 1.25 bits per heavy atom. The number of epoxide rings is 1. The normalized spacial score (nSPS) is 50.4. The predicted octanol–water partition coefficient (Wildman–Crippen LogP) is 1.85. The van der Waals surface area contributed by atoms with Crippen molar-refractivity contribution in [1.82, 2.24) is 0 Å². The SMILES string of the molecule is CP1(=O)CC2=C(C[C@H]3O[C@H]3C2)C1. The van der Waals surface area contributed by atoms with Crippen molar-refractivity contribution in [3.05, 3.63) is 11.1 Å². The third-order valence-electron chi connectivity index (χ3n) is 3.13. The first-order chi connectivity index (χ1) is 5.64. The molecule has 0 saturated carbocycles. The van der Waals surface area contributed by atoms with Crippen LogP contribution in [0.15, 0.2) is 11.1 Å². The van der Waals surface area contributed by atoms with Crippen LogP contribution in [0.3, 0.4) is 0 Å². The molecule has 1 fully saturated rings. The highest BCUT2D eigenvalue weighted by Crippen LogP contribution is 2.56. The second-order valence-electron chi connectivity index (χ2n) is 4.44. The van der Waals surface area contributed by atoms with E-state index in [1.807, 2.05) is 6.66 Å². The molecule has 0 aromatic heterocycles. The van der Waals surface area contributed by atoms with Gasteiger partial charge in [-0.2, -0.15) is 0 Å². The molecule has 1 aliphatic carbocycles. The van der Waals surface area contributed by atoms with Crippen molar-refractivity contribution in [2.24, 2.45) is 0 Å². The van der Waals surface area contributed by atoms with Gasteiger partial charge in [-0.3, -0.25) is 0 Å². The van der Waals surface area contributed by atoms with Crippen LogP contribution in [0.1, 0.15) is 12.8 Å². The summed E-state index contributed by atoms with van der Waals surface area (Å²) in [6.07, 6.45) is 4.93. The predicted molar refractivity (Wildman–Crippen MR) is 48.2 cm³/mol. The van der Waals surface area contributed by atoms with Crippen LogP contribution in [0.25, 0.3) is 0 Å². The molecule has 0 aromatic carbocycles. The number of hydrogen-bond donors (Lipinski definition) is 0. The summed E-state index contributed by atoms with van der Waals surface area (Å²) in [5, 5.41) is 0. The Morgan fingerprint density at radius 3 is 2.25 bits per heavy atom. The van der Waals surface area contributed by atoms with Crippen LogP contribution in [0.5, 0.6) is 0 Å². The molecule has 2 heterocycles. The number of ether oxygens (including phenoxy) is 1. The Hall–Kier alpha value is -0.0700. The molecule has 3 aliphatic rings. The minimum absolute atomic E-state index is 0.502. The molecule has 3 atom stereocenters. The molecule has 3 rings (SSSR count). The van der Waals surface area contributed by atoms with Crippen molar-refractivity contribution >= 4 is 7.14 Å². The van der Waals surface area contributed by atoms with E-state index < -0.39 is 7.14 Å². The van der Waals surface area contributed by atoms with E-state index in [-0.39, 0.29) is 0 Å². The summed E-state index contributed by atoms with van der Waals surface area (Å²) in [5.74, 6) is 0. The van der Waals surface area contributed by atoms with Crippen molar-refractivity contribution in [1.29, 1.82) is 0 Å². The number of hydrogen-bond acceptors (Lipinski definition) is 2. The Labute approximate surface area is 72.4 Å². The summed E-state index contributed by atoms with van der Waals surface area (Å²) in [6, 6.07) is 0. The molecular weight excluding hydrogens is 171 g/mol. The van der Waals surface area contributed by atoms with E-state index in [0.29, 0.717) is 12.2 Å². The van der Waals surface area contributed by atoms with E-state index in [2.05, 4.69) is 0 Å². The van der Waals surface area contributed by atoms with Crippen LogP contribution in [0.4, 0.5) is 0 Å². The molecule has 1 unspecified atom stereocenters. The van der Waals surface area contributed by atoms with Gasteiger partial charge in [0, 0.05) is 12.3 Å². The highest BCUT2D eigenvalue weighted by Gasteiger charge is 2.47. The maximum atomic E-state index is 11.8. The summed E-state index contributed by atoms with van der Waals surface area (Å²) < 4.78 is 17.3. The molecule has 0 bridgehead atoms. The molecule has 0 radical (unpaired) electrons. The summed E-state index contributed by atoms with van der Waals surface area (Å²) in [7, 11) is -1.78. The van der Waals surface area contributed by atoms with Crippen LogP contribution >= 0.6 is 7.14 Å². The highest BCUT2D eigenvalue weighted by molar-refractivity contribution is 7.64. The van der Waals surface area contributed by atoms with Gasteiger partial charge in [0.2, 0.25) is 0 Å². The molecule has 2 aliphatic heterocycles. The van der Waals surface area contributed by atoms with Crippen LogP contribution < -0.4 is 0 Å². The first-order valence-electron chi connectivity index (χ1n) is 4.55. The van der Waals surface area contributed by atoms with E-state index in [4.69, 9.17) is 4.74 Å². The molecule has 3 heteroatoms. The van der Waals surface area contributed by atoms with Gasteiger partial charge in [0.05, 0.1) is 19.3 Å². The lowest BCUT2D eigenvalue weighted by atomic mass is 9.94. The van der Waals surface area contributed by atoms with Gasteiger partial charge < -0.3 is 9.30 Å². The van der Waals surface area contributed by atoms with Gasteiger partial charge in [0.1, 0.15) is 0 Å². The van der Waals surface area contributed by atoms with Crippen LogP contribution in [-0.4, -0.2) is 31.2 Å². The van der Waals surface area contributed by atoms with E-state index in [9.17, 15) is 4.57 Å². The number of rotatable bonds is 0. The molecule has 0 N–H and O–H groups in total. The lowest BCUT2D eigenvalue weighted by Crippen LogP contribution is -2.06. The zero-order valence-corrected chi connectivity index (χ0v) is 8.14. The fraction of sp³-hybridized carbons (Fsp3) is 0.778. The largest absolute Gasteiger partial charge is 0.369 e. The van der Waals surface area contributed by atoms with Gasteiger partial charge in [-0.05, 0) is 19.5 Å². The van der Waals surface area contributed by atoms with Gasteiger partial charge >= 0.3 is 0 Å². The molecule has 0 amide bonds. The molecule has 1 saturated heterocycles. The molecule has 66 valence electrons. The smallest absolute Gasteiger partial charge is 0.0925 e. The van der Waals surface area contributed by atoms with E-state index in [1.165, 1.54) is 11.1 Å². The van der Waals surface area contributed by atoms with E-state index >= 15 is 0 Å². The molecule has 2 nitrogen and oxygen atoms in total. The summed E-state index contributed by atoms with van der Waals surface area (Å²) >= 11 is 0. The van der Waals surface area contributed by atoms with Crippen molar-refractivity contribution in [3.63, 3.8) is 0 Å². The second-order valence-corrected chi connectivity index (χ2v) is 7.67. The molecule has 12 heavy (non-hydrogen) atoms. The zero-order valence-electron chi connectivity index (χ0n) is 7.25. The van der Waals surface area contributed by atoms with Gasteiger partial charge in [0.15, 0.2) is 0 Å². The summed E-state index contributed by atoms with van der Waals surface area (Å²) in [5.41, 5.74) is 2.94. The Kier molecular flexibility index (Phi) is 1.25. The van der Waals surface area contributed by atoms with Crippen molar-refractivity contribution in [2.75, 3.05) is 19.0 Å². The molecule has 0 aromatic rings. The third kappa shape index (κ3) is 1.02. The first-order valence-corrected chi connectivity index (χ1v) is 7.07. The Bertz CT molecular complexity index is 292. The molecule has 0 spiro atoms.